The molecule has 0 aliphatic carbocycles. The zero-order valence-corrected chi connectivity index (χ0v) is 18.0. The van der Waals surface area contributed by atoms with E-state index in [4.69, 9.17) is 11.2 Å². The van der Waals surface area contributed by atoms with Crippen molar-refractivity contribution in [2.24, 2.45) is 7.05 Å². The number of benzene rings is 2. The summed E-state index contributed by atoms with van der Waals surface area (Å²) >= 11 is 0. The van der Waals surface area contributed by atoms with E-state index in [1.54, 1.807) is 31.2 Å². The fourth-order valence-electron chi connectivity index (χ4n) is 4.52. The third-order valence-electron chi connectivity index (χ3n) is 6.07. The number of rotatable bonds is 4. The van der Waals surface area contributed by atoms with Crippen LogP contribution in [0, 0.1) is 12.3 Å². The van der Waals surface area contributed by atoms with E-state index >= 15 is 0 Å². The minimum Gasteiger partial charge on any atom is -0.497 e. The Labute approximate surface area is 188 Å². The lowest BCUT2D eigenvalue weighted by Crippen LogP contribution is -2.31. The van der Waals surface area contributed by atoms with E-state index in [9.17, 15) is 14.4 Å². The number of ether oxygens (including phenoxy) is 1. The number of H-pyrrole nitrogens is 2. The van der Waals surface area contributed by atoms with Crippen molar-refractivity contribution in [3.8, 4) is 29.4 Å². The maximum absolute atomic E-state index is 13.7. The minimum absolute atomic E-state index is 0.113. The van der Waals surface area contributed by atoms with E-state index in [2.05, 4.69) is 15.9 Å². The molecular formula is C25H20N4O4. The van der Waals surface area contributed by atoms with E-state index in [1.807, 2.05) is 36.4 Å². The Balaban J connectivity index is 1.87. The molecule has 0 saturated heterocycles. The number of nitrogens with one attached hydrogen (secondary N) is 2. The van der Waals surface area contributed by atoms with E-state index in [0.717, 1.165) is 11.1 Å². The summed E-state index contributed by atoms with van der Waals surface area (Å²) in [5.74, 6) is 2.22. The molecule has 164 valence electrons. The Morgan fingerprint density at radius 3 is 2.48 bits per heavy atom. The largest absolute Gasteiger partial charge is 0.497 e. The standard InChI is InChI=1S/C25H20N4O4/c1-4-13-29-17-8-6-5-7-16(17)18(24(29)31)19-20-22(28(2)25(32)27-23(20)30)26-21(19)14-9-11-15(33-3)12-10-14/h1,5-12,18,26H,13H2,2-3H3,(H,27,30,32). The van der Waals surface area contributed by atoms with Crippen molar-refractivity contribution in [3.05, 3.63) is 80.5 Å². The number of anilines is 1. The van der Waals surface area contributed by atoms with Gasteiger partial charge in [0.15, 0.2) is 0 Å². The van der Waals surface area contributed by atoms with Crippen molar-refractivity contribution in [1.82, 2.24) is 14.5 Å². The highest BCUT2D eigenvalue weighted by Gasteiger charge is 2.41. The smallest absolute Gasteiger partial charge is 0.329 e. The van der Waals surface area contributed by atoms with Gasteiger partial charge in [-0.15, -0.1) is 6.42 Å². The lowest BCUT2D eigenvalue weighted by atomic mass is 9.89. The number of amides is 1. The Morgan fingerprint density at radius 2 is 1.79 bits per heavy atom. The first-order chi connectivity index (χ1) is 16.0. The fourth-order valence-corrected chi connectivity index (χ4v) is 4.52. The Bertz CT molecular complexity index is 1570. The molecule has 0 saturated carbocycles. The Kier molecular flexibility index (Phi) is 4.68. The molecule has 0 spiro atoms. The first-order valence-electron chi connectivity index (χ1n) is 10.3. The maximum atomic E-state index is 13.7. The molecule has 3 heterocycles. The van der Waals surface area contributed by atoms with Crippen LogP contribution in [-0.4, -0.2) is 34.1 Å². The van der Waals surface area contributed by atoms with Gasteiger partial charge < -0.3 is 9.72 Å². The number of terminal acetylenes is 1. The number of methoxy groups -OCH3 is 1. The second-order valence-corrected chi connectivity index (χ2v) is 7.80. The molecular weight excluding hydrogens is 420 g/mol. The van der Waals surface area contributed by atoms with Crippen molar-refractivity contribution >= 4 is 22.6 Å². The molecule has 1 amide bonds. The molecule has 1 aliphatic rings. The van der Waals surface area contributed by atoms with Crippen LogP contribution in [0.3, 0.4) is 0 Å². The van der Waals surface area contributed by atoms with E-state index in [1.165, 1.54) is 4.57 Å². The summed E-state index contributed by atoms with van der Waals surface area (Å²) in [4.78, 5) is 46.1. The highest BCUT2D eigenvalue weighted by atomic mass is 16.5. The molecule has 0 bridgehead atoms. The SMILES string of the molecule is C#CCN1C(=O)C(c2c(-c3ccc(OC)cc3)[nH]c3c2c(=O)[nH]c(=O)n3C)c2ccccc21. The second kappa shape index (κ2) is 7.57. The highest BCUT2D eigenvalue weighted by Crippen LogP contribution is 2.45. The molecule has 5 rings (SSSR count). The zero-order valence-electron chi connectivity index (χ0n) is 18.0. The van der Waals surface area contributed by atoms with Gasteiger partial charge in [-0.1, -0.05) is 24.1 Å². The van der Waals surface area contributed by atoms with Gasteiger partial charge in [-0.2, -0.15) is 0 Å². The topological polar surface area (TPSA) is 100 Å². The summed E-state index contributed by atoms with van der Waals surface area (Å²) in [6.45, 7) is 0.113. The van der Waals surface area contributed by atoms with Gasteiger partial charge in [0, 0.05) is 18.3 Å². The molecule has 8 nitrogen and oxygen atoms in total. The van der Waals surface area contributed by atoms with Crippen molar-refractivity contribution in [2.75, 3.05) is 18.6 Å². The lowest BCUT2D eigenvalue weighted by Gasteiger charge is -2.15. The molecule has 2 aromatic heterocycles. The van der Waals surface area contributed by atoms with Crippen molar-refractivity contribution in [3.63, 3.8) is 0 Å². The number of hydrogen-bond acceptors (Lipinski definition) is 4. The predicted octanol–water partition coefficient (Wildman–Crippen LogP) is 2.34. The van der Waals surface area contributed by atoms with Gasteiger partial charge in [0.1, 0.15) is 11.4 Å². The number of aromatic nitrogens is 3. The van der Waals surface area contributed by atoms with Crippen LogP contribution in [0.15, 0.2) is 58.1 Å². The number of fused-ring (bicyclic) bond motifs is 2. The van der Waals surface area contributed by atoms with Gasteiger partial charge in [0.2, 0.25) is 5.91 Å². The van der Waals surface area contributed by atoms with Crippen LogP contribution < -0.4 is 20.9 Å². The zero-order chi connectivity index (χ0) is 23.3. The van der Waals surface area contributed by atoms with Gasteiger partial charge >= 0.3 is 5.69 Å². The molecule has 0 radical (unpaired) electrons. The average Bonchev–Trinajstić information content (AvgIpc) is 3.34. The normalized spacial score (nSPS) is 15.0. The summed E-state index contributed by atoms with van der Waals surface area (Å²) in [5.41, 5.74) is 2.52. The summed E-state index contributed by atoms with van der Waals surface area (Å²) in [6.07, 6.45) is 5.54. The molecule has 4 aromatic rings. The van der Waals surface area contributed by atoms with E-state index < -0.39 is 17.2 Å². The van der Waals surface area contributed by atoms with Crippen molar-refractivity contribution in [1.29, 1.82) is 0 Å². The molecule has 1 aliphatic heterocycles. The summed E-state index contributed by atoms with van der Waals surface area (Å²) in [6, 6.07) is 14.7. The van der Waals surface area contributed by atoms with Crippen LogP contribution in [0.2, 0.25) is 0 Å². The summed E-state index contributed by atoms with van der Waals surface area (Å²) in [5, 5.41) is 0.263. The van der Waals surface area contributed by atoms with Crippen molar-refractivity contribution in [2.45, 2.75) is 5.92 Å². The molecule has 2 N–H and O–H groups in total. The van der Waals surface area contributed by atoms with Gasteiger partial charge in [-0.3, -0.25) is 24.0 Å². The van der Waals surface area contributed by atoms with Crippen LogP contribution in [0.25, 0.3) is 22.3 Å². The van der Waals surface area contributed by atoms with E-state index in [0.29, 0.717) is 28.3 Å². The number of para-hydroxylation sites is 1. The first kappa shape index (κ1) is 20.4. The monoisotopic (exact) mass is 440 g/mol. The van der Waals surface area contributed by atoms with Crippen LogP contribution >= 0.6 is 0 Å². The van der Waals surface area contributed by atoms with Crippen LogP contribution in [0.5, 0.6) is 5.75 Å². The summed E-state index contributed by atoms with van der Waals surface area (Å²) < 4.78 is 6.59. The minimum atomic E-state index is -0.765. The molecule has 33 heavy (non-hydrogen) atoms. The molecule has 1 unspecified atom stereocenters. The fraction of sp³-hybridized carbons (Fsp3) is 0.160. The quantitative estimate of drug-likeness (QED) is 0.476. The first-order valence-corrected chi connectivity index (χ1v) is 10.3. The highest BCUT2D eigenvalue weighted by molar-refractivity contribution is 6.10. The number of carbonyl (C=O) groups is 1. The number of carbonyl (C=O) groups excluding carboxylic acids is 1. The van der Waals surface area contributed by atoms with Gasteiger partial charge in [-0.05, 0) is 41.5 Å². The van der Waals surface area contributed by atoms with Crippen molar-refractivity contribution < 1.29 is 9.53 Å². The summed E-state index contributed by atoms with van der Waals surface area (Å²) in [7, 11) is 3.14. The molecule has 0 fully saturated rings. The van der Waals surface area contributed by atoms with Gasteiger partial charge in [0.25, 0.3) is 5.56 Å². The molecule has 1 atom stereocenters. The average molecular weight is 440 g/mol. The maximum Gasteiger partial charge on any atom is 0.329 e. The van der Waals surface area contributed by atoms with Gasteiger partial charge in [0.05, 0.1) is 30.7 Å². The number of hydrogen-bond donors (Lipinski definition) is 2. The van der Waals surface area contributed by atoms with Crippen LogP contribution in [-0.2, 0) is 11.8 Å². The molecule has 2 aromatic carbocycles. The second-order valence-electron chi connectivity index (χ2n) is 7.80. The van der Waals surface area contributed by atoms with Gasteiger partial charge in [-0.25, -0.2) is 4.79 Å². The third-order valence-corrected chi connectivity index (χ3v) is 6.07. The predicted molar refractivity (Wildman–Crippen MR) is 126 cm³/mol. The Hall–Kier alpha value is -4.51. The number of aryl methyl sites for hydroxylation is 1. The van der Waals surface area contributed by atoms with Crippen LogP contribution in [0.1, 0.15) is 17.0 Å². The lowest BCUT2D eigenvalue weighted by molar-refractivity contribution is -0.118. The van der Waals surface area contributed by atoms with E-state index in [-0.39, 0.29) is 17.8 Å². The molecule has 8 heteroatoms. The number of nitrogens with zero attached hydrogens (tertiary/aromatic N) is 2. The Morgan fingerprint density at radius 1 is 1.06 bits per heavy atom. The van der Waals surface area contributed by atoms with Crippen LogP contribution in [0.4, 0.5) is 5.69 Å². The number of aromatic amines is 2. The third kappa shape index (κ3) is 2.97.